The maximum Gasteiger partial charge on any atom is 0.142 e. The first-order valence-electron chi connectivity index (χ1n) is 7.75. The van der Waals surface area contributed by atoms with Gasteiger partial charge in [-0.15, -0.1) is 0 Å². The molecule has 3 heteroatoms. The Morgan fingerprint density at radius 1 is 1.25 bits per heavy atom. The number of nitrogens with zero attached hydrogens (tertiary/aromatic N) is 1. The summed E-state index contributed by atoms with van der Waals surface area (Å²) < 4.78 is 11.0. The highest BCUT2D eigenvalue weighted by molar-refractivity contribution is 5.62. The highest BCUT2D eigenvalue weighted by Crippen LogP contribution is 2.34. The van der Waals surface area contributed by atoms with E-state index in [2.05, 4.69) is 36.9 Å². The molecule has 1 aromatic rings. The third-order valence-corrected chi connectivity index (χ3v) is 3.00. The number of methoxy groups -OCH3 is 1. The Kier molecular flexibility index (Phi) is 9.91. The lowest BCUT2D eigenvalue weighted by molar-refractivity contribution is 0.141. The van der Waals surface area contributed by atoms with Crippen LogP contribution in [0.1, 0.15) is 40.2 Å². The first-order valence-corrected chi connectivity index (χ1v) is 7.75. The number of anilines is 1. The highest BCUT2D eigenvalue weighted by Gasteiger charge is 2.26. The summed E-state index contributed by atoms with van der Waals surface area (Å²) in [5.41, 5.74) is 2.45. The van der Waals surface area contributed by atoms with Crippen molar-refractivity contribution in [1.82, 2.24) is 0 Å². The van der Waals surface area contributed by atoms with E-state index in [-0.39, 0.29) is 0 Å². The third-order valence-electron chi connectivity index (χ3n) is 3.00. The van der Waals surface area contributed by atoms with Gasteiger partial charge in [0.25, 0.3) is 0 Å². The molecule has 3 nitrogen and oxygen atoms in total. The Hall–Kier alpha value is -1.22. The second-order valence-electron chi connectivity index (χ2n) is 4.18. The molecule has 1 unspecified atom stereocenters. The summed E-state index contributed by atoms with van der Waals surface area (Å²) >= 11 is 0. The molecule has 116 valence electrons. The Morgan fingerprint density at radius 3 is 2.45 bits per heavy atom. The van der Waals surface area contributed by atoms with Crippen LogP contribution in [-0.4, -0.2) is 32.9 Å². The molecule has 0 radical (unpaired) electrons. The van der Waals surface area contributed by atoms with Gasteiger partial charge in [-0.3, -0.25) is 0 Å². The van der Waals surface area contributed by atoms with Crippen LogP contribution in [0.3, 0.4) is 0 Å². The molecule has 0 spiro atoms. The monoisotopic (exact) mass is 281 g/mol. The van der Waals surface area contributed by atoms with E-state index in [0.29, 0.717) is 19.3 Å². The molecule has 1 heterocycles. The summed E-state index contributed by atoms with van der Waals surface area (Å²) in [5, 5.41) is 0. The summed E-state index contributed by atoms with van der Waals surface area (Å²) in [4.78, 5) is 2.36. The van der Waals surface area contributed by atoms with Gasteiger partial charge in [0, 0.05) is 13.7 Å². The summed E-state index contributed by atoms with van der Waals surface area (Å²) in [6.45, 7) is 14.7. The van der Waals surface area contributed by atoms with Gasteiger partial charge in [0.05, 0.1) is 18.3 Å². The lowest BCUT2D eigenvalue weighted by atomic mass is 10.1. The van der Waals surface area contributed by atoms with Crippen LogP contribution in [0.5, 0.6) is 5.75 Å². The third kappa shape index (κ3) is 4.71. The van der Waals surface area contributed by atoms with Crippen molar-refractivity contribution in [2.45, 2.75) is 47.6 Å². The van der Waals surface area contributed by atoms with Crippen LogP contribution >= 0.6 is 0 Å². The van der Waals surface area contributed by atoms with Crippen molar-refractivity contribution in [3.05, 3.63) is 23.8 Å². The van der Waals surface area contributed by atoms with Crippen LogP contribution in [0.4, 0.5) is 5.69 Å². The molecular formula is C17H31NO2. The lowest BCUT2D eigenvalue weighted by Gasteiger charge is -2.37. The van der Waals surface area contributed by atoms with E-state index in [9.17, 15) is 0 Å². The smallest absolute Gasteiger partial charge is 0.142 e. The van der Waals surface area contributed by atoms with E-state index in [4.69, 9.17) is 9.47 Å². The number of rotatable bonds is 3. The Bertz CT molecular complexity index is 366. The molecule has 0 amide bonds. The molecule has 1 aliphatic rings. The minimum atomic E-state index is 0.323. The second kappa shape index (κ2) is 10.6. The number of fused-ring (bicyclic) bond motifs is 1. The van der Waals surface area contributed by atoms with E-state index < -0.39 is 0 Å². The average Bonchev–Trinajstić information content (AvgIpc) is 2.51. The summed E-state index contributed by atoms with van der Waals surface area (Å²) in [6.07, 6.45) is 0. The van der Waals surface area contributed by atoms with E-state index in [1.807, 2.05) is 27.7 Å². The number of hydrogen-bond acceptors (Lipinski definition) is 3. The second-order valence-corrected chi connectivity index (χ2v) is 4.18. The zero-order valence-electron chi connectivity index (χ0n) is 14.2. The Morgan fingerprint density at radius 2 is 1.90 bits per heavy atom. The predicted octanol–water partition coefficient (Wildman–Crippen LogP) is 4.28. The van der Waals surface area contributed by atoms with Gasteiger partial charge >= 0.3 is 0 Å². The van der Waals surface area contributed by atoms with Gasteiger partial charge in [-0.25, -0.2) is 0 Å². The highest BCUT2D eigenvalue weighted by atomic mass is 16.5. The van der Waals surface area contributed by atoms with Crippen LogP contribution in [-0.2, 0) is 4.74 Å². The molecule has 0 N–H and O–H groups in total. The summed E-state index contributed by atoms with van der Waals surface area (Å²) in [5.74, 6) is 0.986. The summed E-state index contributed by atoms with van der Waals surface area (Å²) in [6, 6.07) is 6.64. The molecule has 0 bridgehead atoms. The van der Waals surface area contributed by atoms with E-state index in [1.54, 1.807) is 7.11 Å². The van der Waals surface area contributed by atoms with Gasteiger partial charge in [0.15, 0.2) is 0 Å². The van der Waals surface area contributed by atoms with Crippen LogP contribution in [0, 0.1) is 6.92 Å². The Balaban J connectivity index is 0.000000829. The molecule has 1 atom stereocenters. The largest absolute Gasteiger partial charge is 0.489 e. The zero-order valence-corrected chi connectivity index (χ0v) is 14.2. The van der Waals surface area contributed by atoms with Gasteiger partial charge in [-0.1, -0.05) is 33.8 Å². The van der Waals surface area contributed by atoms with E-state index in [1.165, 1.54) is 11.3 Å². The van der Waals surface area contributed by atoms with Crippen molar-refractivity contribution in [1.29, 1.82) is 0 Å². The molecule has 2 rings (SSSR count). The molecule has 0 saturated heterocycles. The standard InChI is InChI=1S/C13H19NO2.2C2H6/c1-4-14-11(8-15-3)9-16-13-6-5-10(2)7-12(13)14;2*1-2/h5-7,11H,4,8-9H2,1-3H3;2*1-2H3. The fourth-order valence-electron chi connectivity index (χ4n) is 2.21. The fourth-order valence-corrected chi connectivity index (χ4v) is 2.21. The molecule has 0 aliphatic carbocycles. The normalized spacial score (nSPS) is 15.9. The molecular weight excluding hydrogens is 250 g/mol. The van der Waals surface area contributed by atoms with Crippen molar-refractivity contribution in [2.75, 3.05) is 31.8 Å². The topological polar surface area (TPSA) is 21.7 Å². The molecule has 20 heavy (non-hydrogen) atoms. The van der Waals surface area contributed by atoms with Crippen molar-refractivity contribution >= 4 is 5.69 Å². The van der Waals surface area contributed by atoms with Crippen LogP contribution in [0.2, 0.25) is 0 Å². The van der Waals surface area contributed by atoms with E-state index in [0.717, 1.165) is 12.3 Å². The number of ether oxygens (including phenoxy) is 2. The number of hydrogen-bond donors (Lipinski definition) is 0. The average molecular weight is 281 g/mol. The lowest BCUT2D eigenvalue weighted by Crippen LogP contribution is -2.45. The number of aryl methyl sites for hydroxylation is 1. The van der Waals surface area contributed by atoms with Crippen molar-refractivity contribution in [3.8, 4) is 5.75 Å². The first-order chi connectivity index (χ1) is 9.76. The number of likely N-dealkylation sites (N-methyl/N-ethyl adjacent to an activating group) is 1. The molecule has 1 aromatic carbocycles. The molecule has 0 fully saturated rings. The SMILES string of the molecule is CC.CC.CCN1c2cc(C)ccc2OCC1COC. The van der Waals surface area contributed by atoms with Gasteiger partial charge in [0.2, 0.25) is 0 Å². The van der Waals surface area contributed by atoms with Crippen LogP contribution < -0.4 is 9.64 Å². The van der Waals surface area contributed by atoms with Gasteiger partial charge in [-0.05, 0) is 31.5 Å². The minimum absolute atomic E-state index is 0.323. The predicted molar refractivity (Wildman–Crippen MR) is 88.1 cm³/mol. The van der Waals surface area contributed by atoms with E-state index >= 15 is 0 Å². The van der Waals surface area contributed by atoms with Gasteiger partial charge in [0.1, 0.15) is 12.4 Å². The quantitative estimate of drug-likeness (QED) is 0.825. The van der Waals surface area contributed by atoms with Crippen molar-refractivity contribution in [2.24, 2.45) is 0 Å². The van der Waals surface area contributed by atoms with Crippen LogP contribution in [0.15, 0.2) is 18.2 Å². The zero-order chi connectivity index (χ0) is 15.5. The molecule has 0 aromatic heterocycles. The summed E-state index contributed by atoms with van der Waals surface area (Å²) in [7, 11) is 1.74. The molecule has 0 saturated carbocycles. The number of benzene rings is 1. The van der Waals surface area contributed by atoms with Gasteiger partial charge < -0.3 is 14.4 Å². The maximum atomic E-state index is 5.75. The van der Waals surface area contributed by atoms with Crippen molar-refractivity contribution < 1.29 is 9.47 Å². The van der Waals surface area contributed by atoms with Crippen LogP contribution in [0.25, 0.3) is 0 Å². The minimum Gasteiger partial charge on any atom is -0.489 e. The van der Waals surface area contributed by atoms with Crippen molar-refractivity contribution in [3.63, 3.8) is 0 Å². The van der Waals surface area contributed by atoms with Gasteiger partial charge in [-0.2, -0.15) is 0 Å². The maximum absolute atomic E-state index is 5.75. The first kappa shape index (κ1) is 18.8. The Labute approximate surface area is 124 Å². The molecule has 1 aliphatic heterocycles. The fraction of sp³-hybridized carbons (Fsp3) is 0.647.